The van der Waals surface area contributed by atoms with E-state index in [1.807, 2.05) is 11.5 Å². The number of nitrogens with zero attached hydrogens (tertiary/aromatic N) is 5. The summed E-state index contributed by atoms with van der Waals surface area (Å²) in [5, 5.41) is 0. The SMILES string of the molecule is Cc1nc2c(c(=O)n(C)c(=O)n2C)n1CCN1CCCCC1. The highest BCUT2D eigenvalue weighted by molar-refractivity contribution is 5.70. The molecule has 22 heavy (non-hydrogen) atoms. The Labute approximate surface area is 128 Å². The van der Waals surface area contributed by atoms with Gasteiger partial charge in [-0.2, -0.15) is 0 Å². The van der Waals surface area contributed by atoms with Gasteiger partial charge in [-0.15, -0.1) is 0 Å². The molecule has 1 aliphatic rings. The minimum atomic E-state index is -0.335. The third-order valence-electron chi connectivity index (χ3n) is 4.63. The number of aryl methyl sites for hydroxylation is 2. The normalized spacial score (nSPS) is 16.5. The summed E-state index contributed by atoms with van der Waals surface area (Å²) in [6, 6.07) is 0. The van der Waals surface area contributed by atoms with Crippen LogP contribution < -0.4 is 11.2 Å². The van der Waals surface area contributed by atoms with Crippen molar-refractivity contribution in [2.75, 3.05) is 19.6 Å². The summed E-state index contributed by atoms with van der Waals surface area (Å²) in [5.41, 5.74) is 0.402. The van der Waals surface area contributed by atoms with Crippen LogP contribution in [0.4, 0.5) is 0 Å². The van der Waals surface area contributed by atoms with Gasteiger partial charge >= 0.3 is 5.69 Å². The van der Waals surface area contributed by atoms with Crippen molar-refractivity contribution in [3.8, 4) is 0 Å². The van der Waals surface area contributed by atoms with Gasteiger partial charge in [0.05, 0.1) is 0 Å². The third-order valence-corrected chi connectivity index (χ3v) is 4.63. The Kier molecular flexibility index (Phi) is 3.90. The van der Waals surface area contributed by atoms with Gasteiger partial charge in [-0.1, -0.05) is 6.42 Å². The lowest BCUT2D eigenvalue weighted by Crippen LogP contribution is -2.38. The minimum Gasteiger partial charge on any atom is -0.321 e. The monoisotopic (exact) mass is 305 g/mol. The molecule has 0 N–H and O–H groups in total. The van der Waals surface area contributed by atoms with Crippen LogP contribution in [-0.4, -0.2) is 43.2 Å². The van der Waals surface area contributed by atoms with Gasteiger partial charge in [-0.25, -0.2) is 9.78 Å². The Hall–Kier alpha value is -1.89. The number of hydrogen-bond donors (Lipinski definition) is 0. The van der Waals surface area contributed by atoms with E-state index in [0.29, 0.717) is 11.2 Å². The molecule has 3 rings (SSSR count). The first-order valence-corrected chi connectivity index (χ1v) is 7.86. The zero-order chi connectivity index (χ0) is 15.9. The van der Waals surface area contributed by atoms with Crippen molar-refractivity contribution in [2.45, 2.75) is 32.7 Å². The molecule has 2 aromatic heterocycles. The summed E-state index contributed by atoms with van der Waals surface area (Å²) in [5.74, 6) is 0.783. The first-order valence-electron chi connectivity index (χ1n) is 7.86. The van der Waals surface area contributed by atoms with Crippen LogP contribution in [0.15, 0.2) is 9.59 Å². The van der Waals surface area contributed by atoms with Gasteiger partial charge in [0.1, 0.15) is 5.82 Å². The number of hydrogen-bond acceptors (Lipinski definition) is 4. The summed E-state index contributed by atoms with van der Waals surface area (Å²) in [4.78, 5) is 31.3. The molecule has 0 atom stereocenters. The predicted molar refractivity (Wildman–Crippen MR) is 85.2 cm³/mol. The summed E-state index contributed by atoms with van der Waals surface area (Å²) in [6.07, 6.45) is 3.81. The van der Waals surface area contributed by atoms with E-state index in [2.05, 4.69) is 9.88 Å². The number of imidazole rings is 1. The summed E-state index contributed by atoms with van der Waals surface area (Å²) in [6.45, 7) is 5.79. The molecular formula is C15H23N5O2. The van der Waals surface area contributed by atoms with Crippen LogP contribution >= 0.6 is 0 Å². The van der Waals surface area contributed by atoms with Crippen LogP contribution in [0.1, 0.15) is 25.1 Å². The van der Waals surface area contributed by atoms with Crippen LogP contribution in [0.2, 0.25) is 0 Å². The molecule has 0 saturated carbocycles. The average Bonchev–Trinajstić information content (AvgIpc) is 2.86. The molecule has 1 fully saturated rings. The van der Waals surface area contributed by atoms with E-state index in [1.54, 1.807) is 7.05 Å². The van der Waals surface area contributed by atoms with E-state index in [1.165, 1.54) is 30.9 Å². The average molecular weight is 305 g/mol. The van der Waals surface area contributed by atoms with Crippen molar-refractivity contribution in [2.24, 2.45) is 14.1 Å². The van der Waals surface area contributed by atoms with E-state index < -0.39 is 0 Å². The molecule has 7 heteroatoms. The number of piperidine rings is 1. The molecule has 0 aliphatic carbocycles. The molecule has 2 aromatic rings. The second kappa shape index (κ2) is 5.72. The van der Waals surface area contributed by atoms with E-state index in [0.717, 1.165) is 36.6 Å². The molecule has 0 amide bonds. The molecule has 0 spiro atoms. The maximum absolute atomic E-state index is 12.5. The van der Waals surface area contributed by atoms with Crippen molar-refractivity contribution in [3.05, 3.63) is 26.7 Å². The molecule has 1 aliphatic heterocycles. The molecule has 7 nitrogen and oxygen atoms in total. The van der Waals surface area contributed by atoms with Crippen LogP contribution in [0.3, 0.4) is 0 Å². The van der Waals surface area contributed by atoms with E-state index in [9.17, 15) is 9.59 Å². The van der Waals surface area contributed by atoms with Gasteiger partial charge in [0.25, 0.3) is 5.56 Å². The zero-order valence-electron chi connectivity index (χ0n) is 13.5. The number of fused-ring (bicyclic) bond motifs is 1. The Balaban J connectivity index is 2.00. The number of rotatable bonds is 3. The van der Waals surface area contributed by atoms with Gasteiger partial charge in [-0.05, 0) is 32.9 Å². The lowest BCUT2D eigenvalue weighted by molar-refractivity contribution is 0.221. The fraction of sp³-hybridized carbons (Fsp3) is 0.667. The van der Waals surface area contributed by atoms with Crippen LogP contribution in [-0.2, 0) is 20.6 Å². The van der Waals surface area contributed by atoms with Gasteiger partial charge in [0.15, 0.2) is 11.2 Å². The lowest BCUT2D eigenvalue weighted by atomic mass is 10.1. The fourth-order valence-corrected chi connectivity index (χ4v) is 3.25. The molecule has 0 radical (unpaired) electrons. The number of likely N-dealkylation sites (tertiary alicyclic amines) is 1. The fourth-order valence-electron chi connectivity index (χ4n) is 3.25. The van der Waals surface area contributed by atoms with Crippen molar-refractivity contribution < 1.29 is 0 Å². The predicted octanol–water partition coefficient (Wildman–Crippen LogP) is 0.228. The van der Waals surface area contributed by atoms with Crippen molar-refractivity contribution in [3.63, 3.8) is 0 Å². The molecule has 3 heterocycles. The van der Waals surface area contributed by atoms with Crippen molar-refractivity contribution >= 4 is 11.2 Å². The van der Waals surface area contributed by atoms with Crippen LogP contribution in [0.5, 0.6) is 0 Å². The smallest absolute Gasteiger partial charge is 0.321 e. The van der Waals surface area contributed by atoms with Gasteiger partial charge in [0.2, 0.25) is 0 Å². The van der Waals surface area contributed by atoms with E-state index in [-0.39, 0.29) is 11.2 Å². The molecule has 0 bridgehead atoms. The first-order chi connectivity index (χ1) is 10.5. The summed E-state index contributed by atoms with van der Waals surface area (Å²) < 4.78 is 4.55. The Morgan fingerprint density at radius 3 is 2.36 bits per heavy atom. The Bertz CT molecular complexity index is 808. The van der Waals surface area contributed by atoms with Crippen LogP contribution in [0, 0.1) is 6.92 Å². The molecule has 1 saturated heterocycles. The molecule has 0 unspecified atom stereocenters. The summed E-state index contributed by atoms with van der Waals surface area (Å²) >= 11 is 0. The maximum atomic E-state index is 12.5. The zero-order valence-corrected chi connectivity index (χ0v) is 13.5. The quantitative estimate of drug-likeness (QED) is 0.814. The molecular weight excluding hydrogens is 282 g/mol. The highest BCUT2D eigenvalue weighted by atomic mass is 16.2. The standard InChI is InChI=1S/C15H23N5O2/c1-11-16-13-12(14(21)18(3)15(22)17(13)2)20(11)10-9-19-7-5-4-6-8-19/h4-10H2,1-3H3. The highest BCUT2D eigenvalue weighted by Gasteiger charge is 2.18. The second-order valence-corrected chi connectivity index (χ2v) is 6.09. The maximum Gasteiger partial charge on any atom is 0.332 e. The largest absolute Gasteiger partial charge is 0.332 e. The van der Waals surface area contributed by atoms with Gasteiger partial charge < -0.3 is 9.47 Å². The third kappa shape index (κ3) is 2.39. The lowest BCUT2D eigenvalue weighted by Gasteiger charge is -2.26. The Morgan fingerprint density at radius 1 is 1.00 bits per heavy atom. The second-order valence-electron chi connectivity index (χ2n) is 6.09. The molecule has 120 valence electrons. The van der Waals surface area contributed by atoms with Gasteiger partial charge in [0, 0.05) is 27.2 Å². The highest BCUT2D eigenvalue weighted by Crippen LogP contribution is 2.12. The van der Waals surface area contributed by atoms with Crippen LogP contribution in [0.25, 0.3) is 11.2 Å². The molecule has 0 aromatic carbocycles. The van der Waals surface area contributed by atoms with E-state index >= 15 is 0 Å². The van der Waals surface area contributed by atoms with Crippen molar-refractivity contribution in [1.29, 1.82) is 0 Å². The minimum absolute atomic E-state index is 0.266. The van der Waals surface area contributed by atoms with Crippen molar-refractivity contribution in [1.82, 2.24) is 23.6 Å². The van der Waals surface area contributed by atoms with E-state index in [4.69, 9.17) is 0 Å². The topological polar surface area (TPSA) is 65.1 Å². The first kappa shape index (κ1) is 15.0. The van der Waals surface area contributed by atoms with Gasteiger partial charge in [-0.3, -0.25) is 13.9 Å². The number of aromatic nitrogens is 4. The summed E-state index contributed by atoms with van der Waals surface area (Å²) in [7, 11) is 3.17. The Morgan fingerprint density at radius 2 is 1.68 bits per heavy atom.